The molecule has 0 radical (unpaired) electrons. The van der Waals surface area contributed by atoms with Crippen molar-refractivity contribution in [2.75, 3.05) is 6.54 Å². The number of carbonyl (C=O) groups excluding carboxylic acids is 1. The molecular weight excluding hydrogens is 278 g/mol. The number of carbonyl (C=O) groups is 2. The smallest absolute Gasteiger partial charge is 0.311 e. The Kier molecular flexibility index (Phi) is 4.86. The summed E-state index contributed by atoms with van der Waals surface area (Å²) in [5.41, 5.74) is -0.607. The van der Waals surface area contributed by atoms with Crippen molar-refractivity contribution in [2.45, 2.75) is 46.5 Å². The van der Waals surface area contributed by atoms with Gasteiger partial charge in [-0.25, -0.2) is 0 Å². The molecule has 0 fully saturated rings. The molecule has 0 saturated carbocycles. The molecular formula is C13H21N3O3S. The van der Waals surface area contributed by atoms with E-state index in [0.29, 0.717) is 17.0 Å². The highest BCUT2D eigenvalue weighted by Crippen LogP contribution is 2.26. The summed E-state index contributed by atoms with van der Waals surface area (Å²) in [6, 6.07) is 0. The van der Waals surface area contributed by atoms with Crippen LogP contribution in [0.1, 0.15) is 56.4 Å². The van der Waals surface area contributed by atoms with Crippen LogP contribution in [0.4, 0.5) is 0 Å². The second-order valence-corrected chi connectivity index (χ2v) is 6.86. The third-order valence-electron chi connectivity index (χ3n) is 3.34. The van der Waals surface area contributed by atoms with Gasteiger partial charge >= 0.3 is 5.97 Å². The Morgan fingerprint density at radius 1 is 1.30 bits per heavy atom. The molecule has 1 atom stereocenters. The number of aliphatic carboxylic acids is 1. The predicted molar refractivity (Wildman–Crippen MR) is 77.0 cm³/mol. The van der Waals surface area contributed by atoms with Crippen molar-refractivity contribution in [2.24, 2.45) is 5.41 Å². The van der Waals surface area contributed by atoms with Gasteiger partial charge in [0.05, 0.1) is 11.1 Å². The fourth-order valence-electron chi connectivity index (χ4n) is 1.54. The molecule has 2 N–H and O–H groups in total. The van der Waals surface area contributed by atoms with Crippen LogP contribution in [0.25, 0.3) is 0 Å². The summed E-state index contributed by atoms with van der Waals surface area (Å²) < 4.78 is 3.82. The van der Waals surface area contributed by atoms with E-state index in [1.54, 1.807) is 13.8 Å². The van der Waals surface area contributed by atoms with Gasteiger partial charge in [0.25, 0.3) is 5.91 Å². The van der Waals surface area contributed by atoms with Crippen LogP contribution in [0, 0.1) is 5.41 Å². The first kappa shape index (κ1) is 16.6. The largest absolute Gasteiger partial charge is 0.481 e. The van der Waals surface area contributed by atoms with Crippen LogP contribution in [0.3, 0.4) is 0 Å². The third kappa shape index (κ3) is 3.53. The van der Waals surface area contributed by atoms with Gasteiger partial charge in [0.15, 0.2) is 0 Å². The molecule has 112 valence electrons. The Hall–Kier alpha value is -1.50. The van der Waals surface area contributed by atoms with Gasteiger partial charge < -0.3 is 10.4 Å². The standard InChI is InChI=1S/C13H21N3O3S/c1-6-13(5,11(18)19)7-14-10(17)8-9(12(2,3)4)15-16-20-8/h6-7H2,1-5H3,(H,14,17)(H,18,19). The Morgan fingerprint density at radius 3 is 2.35 bits per heavy atom. The molecule has 0 spiro atoms. The van der Waals surface area contributed by atoms with Gasteiger partial charge in [-0.15, -0.1) is 5.10 Å². The van der Waals surface area contributed by atoms with Gasteiger partial charge in [-0.3, -0.25) is 9.59 Å². The number of rotatable bonds is 5. The minimum Gasteiger partial charge on any atom is -0.481 e. The number of amides is 1. The fraction of sp³-hybridized carbons (Fsp3) is 0.692. The first-order chi connectivity index (χ1) is 9.12. The predicted octanol–water partition coefficient (Wildman–Crippen LogP) is 2.07. The van der Waals surface area contributed by atoms with E-state index in [1.165, 1.54) is 0 Å². The Balaban J connectivity index is 2.84. The molecule has 1 heterocycles. The van der Waals surface area contributed by atoms with Crippen LogP contribution in [-0.2, 0) is 10.2 Å². The number of carboxylic acid groups (broad SMARTS) is 1. The van der Waals surface area contributed by atoms with Gasteiger partial charge in [0.1, 0.15) is 4.88 Å². The van der Waals surface area contributed by atoms with E-state index in [-0.39, 0.29) is 17.9 Å². The second kappa shape index (κ2) is 5.87. The maximum atomic E-state index is 12.2. The SMILES string of the molecule is CCC(C)(CNC(=O)c1snnc1C(C)(C)C)C(=O)O. The van der Waals surface area contributed by atoms with E-state index >= 15 is 0 Å². The molecule has 0 bridgehead atoms. The quantitative estimate of drug-likeness (QED) is 0.868. The summed E-state index contributed by atoms with van der Waals surface area (Å²) >= 11 is 1.03. The first-order valence-electron chi connectivity index (χ1n) is 6.46. The number of aromatic nitrogens is 2. The highest BCUT2D eigenvalue weighted by molar-refractivity contribution is 7.08. The molecule has 6 nitrogen and oxygen atoms in total. The lowest BCUT2D eigenvalue weighted by Crippen LogP contribution is -2.40. The van der Waals surface area contributed by atoms with Gasteiger partial charge in [0, 0.05) is 12.0 Å². The van der Waals surface area contributed by atoms with Crippen molar-refractivity contribution in [3.05, 3.63) is 10.6 Å². The van der Waals surface area contributed by atoms with E-state index in [1.807, 2.05) is 20.8 Å². The van der Waals surface area contributed by atoms with Crippen LogP contribution < -0.4 is 5.32 Å². The molecule has 1 rings (SSSR count). The van der Waals surface area contributed by atoms with E-state index < -0.39 is 11.4 Å². The van der Waals surface area contributed by atoms with Gasteiger partial charge in [-0.1, -0.05) is 32.2 Å². The fourth-order valence-corrected chi connectivity index (χ4v) is 2.33. The van der Waals surface area contributed by atoms with Crippen molar-refractivity contribution in [3.63, 3.8) is 0 Å². The van der Waals surface area contributed by atoms with Crippen molar-refractivity contribution in [3.8, 4) is 0 Å². The number of hydrogen-bond acceptors (Lipinski definition) is 5. The summed E-state index contributed by atoms with van der Waals surface area (Å²) in [6.45, 7) is 9.34. The van der Waals surface area contributed by atoms with Crippen molar-refractivity contribution in [1.29, 1.82) is 0 Å². The third-order valence-corrected chi connectivity index (χ3v) is 4.07. The zero-order chi connectivity index (χ0) is 15.6. The van der Waals surface area contributed by atoms with Crippen molar-refractivity contribution in [1.82, 2.24) is 14.9 Å². The average molecular weight is 299 g/mol. The molecule has 20 heavy (non-hydrogen) atoms. The number of carboxylic acids is 1. The Morgan fingerprint density at radius 2 is 1.90 bits per heavy atom. The maximum absolute atomic E-state index is 12.2. The zero-order valence-corrected chi connectivity index (χ0v) is 13.3. The minimum atomic E-state index is -0.963. The lowest BCUT2D eigenvalue weighted by atomic mass is 9.87. The monoisotopic (exact) mass is 299 g/mol. The molecule has 1 amide bonds. The lowest BCUT2D eigenvalue weighted by molar-refractivity contribution is -0.147. The summed E-state index contributed by atoms with van der Waals surface area (Å²) in [4.78, 5) is 23.8. The van der Waals surface area contributed by atoms with Gasteiger partial charge in [-0.2, -0.15) is 0 Å². The summed E-state index contributed by atoms with van der Waals surface area (Å²) in [7, 11) is 0. The maximum Gasteiger partial charge on any atom is 0.311 e. The van der Waals surface area contributed by atoms with E-state index in [2.05, 4.69) is 14.9 Å². The topological polar surface area (TPSA) is 92.2 Å². The number of hydrogen-bond donors (Lipinski definition) is 2. The molecule has 0 aromatic carbocycles. The second-order valence-electron chi connectivity index (χ2n) is 6.10. The van der Waals surface area contributed by atoms with E-state index in [9.17, 15) is 14.7 Å². The van der Waals surface area contributed by atoms with Crippen LogP contribution in [0.5, 0.6) is 0 Å². The minimum absolute atomic E-state index is 0.0825. The summed E-state index contributed by atoms with van der Waals surface area (Å²) in [5, 5.41) is 15.9. The van der Waals surface area contributed by atoms with Crippen LogP contribution >= 0.6 is 11.5 Å². The number of nitrogens with zero attached hydrogens (tertiary/aromatic N) is 2. The first-order valence-corrected chi connectivity index (χ1v) is 7.23. The van der Waals surface area contributed by atoms with Crippen molar-refractivity contribution < 1.29 is 14.7 Å². The van der Waals surface area contributed by atoms with Crippen LogP contribution in [0.15, 0.2) is 0 Å². The van der Waals surface area contributed by atoms with Gasteiger partial charge in [0.2, 0.25) is 0 Å². The highest BCUT2D eigenvalue weighted by atomic mass is 32.1. The average Bonchev–Trinajstić information content (AvgIpc) is 2.84. The molecule has 1 aromatic heterocycles. The molecule has 0 aliphatic heterocycles. The molecule has 0 aliphatic carbocycles. The molecule has 0 saturated heterocycles. The van der Waals surface area contributed by atoms with Crippen LogP contribution in [0.2, 0.25) is 0 Å². The Labute approximate surface area is 122 Å². The van der Waals surface area contributed by atoms with Crippen LogP contribution in [-0.4, -0.2) is 33.1 Å². The summed E-state index contributed by atoms with van der Waals surface area (Å²) in [6.07, 6.45) is 0.440. The molecule has 1 aromatic rings. The van der Waals surface area contributed by atoms with Gasteiger partial charge in [-0.05, 0) is 24.9 Å². The normalized spacial score (nSPS) is 14.7. The zero-order valence-electron chi connectivity index (χ0n) is 12.5. The molecule has 1 unspecified atom stereocenters. The summed E-state index contributed by atoms with van der Waals surface area (Å²) in [5.74, 6) is -1.23. The van der Waals surface area contributed by atoms with E-state index in [0.717, 1.165) is 11.5 Å². The molecule has 0 aliphatic rings. The van der Waals surface area contributed by atoms with E-state index in [4.69, 9.17) is 0 Å². The Bertz CT molecular complexity index is 507. The number of nitrogens with one attached hydrogen (secondary N) is 1. The molecule has 7 heteroatoms. The van der Waals surface area contributed by atoms with Crippen molar-refractivity contribution >= 4 is 23.4 Å². The highest BCUT2D eigenvalue weighted by Gasteiger charge is 2.33. The lowest BCUT2D eigenvalue weighted by Gasteiger charge is -2.23.